The standard InChI is InChI=1S/C14H12Cl2N4O/c1-3-11(21)19-14-9(6-17)7-18-20(14)10-5-4-8(2)12(15)13(10)16/h4-5,7H,3H2,1-2H3,(H,19,21). The zero-order chi connectivity index (χ0) is 15.6. The Hall–Kier alpha value is -2.03. The summed E-state index contributed by atoms with van der Waals surface area (Å²) in [6.07, 6.45) is 1.66. The molecule has 0 aliphatic carbocycles. The monoisotopic (exact) mass is 322 g/mol. The fourth-order valence-electron chi connectivity index (χ4n) is 1.75. The van der Waals surface area contributed by atoms with E-state index in [2.05, 4.69) is 10.4 Å². The van der Waals surface area contributed by atoms with E-state index >= 15 is 0 Å². The van der Waals surface area contributed by atoms with Gasteiger partial charge in [-0.15, -0.1) is 0 Å². The molecule has 0 spiro atoms. The van der Waals surface area contributed by atoms with Crippen molar-refractivity contribution in [2.45, 2.75) is 20.3 Å². The third kappa shape index (κ3) is 2.87. The fraction of sp³-hybridized carbons (Fsp3) is 0.214. The number of nitrogens with one attached hydrogen (secondary N) is 1. The Bertz CT molecular complexity index is 746. The van der Waals surface area contributed by atoms with E-state index < -0.39 is 0 Å². The summed E-state index contributed by atoms with van der Waals surface area (Å²) >= 11 is 12.4. The Morgan fingerprint density at radius 1 is 1.43 bits per heavy atom. The third-order valence-electron chi connectivity index (χ3n) is 2.95. The predicted molar refractivity (Wildman–Crippen MR) is 82.0 cm³/mol. The van der Waals surface area contributed by atoms with Gasteiger partial charge in [0, 0.05) is 6.42 Å². The number of benzene rings is 1. The number of carbonyl (C=O) groups is 1. The fourth-order valence-corrected chi connectivity index (χ4v) is 2.20. The summed E-state index contributed by atoms with van der Waals surface area (Å²) in [6, 6.07) is 5.52. The van der Waals surface area contributed by atoms with Gasteiger partial charge in [0.1, 0.15) is 11.6 Å². The Kier molecular flexibility index (Phi) is 4.51. The minimum absolute atomic E-state index is 0.220. The number of carbonyl (C=O) groups excluding carboxylic acids is 1. The molecule has 5 nitrogen and oxygen atoms in total. The van der Waals surface area contributed by atoms with Crippen molar-refractivity contribution in [3.8, 4) is 11.8 Å². The van der Waals surface area contributed by atoms with E-state index in [1.807, 2.05) is 13.0 Å². The first kappa shape index (κ1) is 15.4. The molecule has 1 aromatic carbocycles. The van der Waals surface area contributed by atoms with E-state index in [4.69, 9.17) is 28.5 Å². The van der Waals surface area contributed by atoms with Crippen LogP contribution in [0.3, 0.4) is 0 Å². The molecular formula is C14H12Cl2N4O. The van der Waals surface area contributed by atoms with Gasteiger partial charge in [0.05, 0.1) is 21.9 Å². The molecule has 1 aromatic heterocycles. The van der Waals surface area contributed by atoms with Crippen LogP contribution >= 0.6 is 23.2 Å². The van der Waals surface area contributed by atoms with Crippen LogP contribution in [0.2, 0.25) is 10.0 Å². The van der Waals surface area contributed by atoms with Gasteiger partial charge in [0.2, 0.25) is 5.91 Å². The molecular weight excluding hydrogens is 311 g/mol. The van der Waals surface area contributed by atoms with Crippen molar-refractivity contribution in [1.82, 2.24) is 9.78 Å². The number of rotatable bonds is 3. The van der Waals surface area contributed by atoms with Gasteiger partial charge in [0.25, 0.3) is 0 Å². The summed E-state index contributed by atoms with van der Waals surface area (Å²) in [6.45, 7) is 3.55. The van der Waals surface area contributed by atoms with E-state index in [-0.39, 0.29) is 17.3 Å². The SMILES string of the molecule is CCC(=O)Nc1c(C#N)cnn1-c1ccc(C)c(Cl)c1Cl. The van der Waals surface area contributed by atoms with Crippen molar-refractivity contribution in [3.63, 3.8) is 0 Å². The Labute approximate surface area is 132 Å². The molecule has 1 amide bonds. The number of aromatic nitrogens is 2. The summed E-state index contributed by atoms with van der Waals surface area (Å²) in [7, 11) is 0. The van der Waals surface area contributed by atoms with Crippen molar-refractivity contribution in [2.75, 3.05) is 5.32 Å². The van der Waals surface area contributed by atoms with Crippen LogP contribution in [0, 0.1) is 18.3 Å². The lowest BCUT2D eigenvalue weighted by Crippen LogP contribution is -2.14. The van der Waals surface area contributed by atoms with Gasteiger partial charge < -0.3 is 5.32 Å². The highest BCUT2D eigenvalue weighted by molar-refractivity contribution is 6.43. The van der Waals surface area contributed by atoms with Gasteiger partial charge in [-0.3, -0.25) is 4.79 Å². The van der Waals surface area contributed by atoms with Crippen LogP contribution in [0.4, 0.5) is 5.82 Å². The largest absolute Gasteiger partial charge is 0.309 e. The van der Waals surface area contributed by atoms with E-state index in [0.29, 0.717) is 22.2 Å². The van der Waals surface area contributed by atoms with E-state index in [1.54, 1.807) is 19.1 Å². The van der Waals surface area contributed by atoms with Crippen LogP contribution in [0.1, 0.15) is 24.5 Å². The first-order chi connectivity index (χ1) is 9.99. The average Bonchev–Trinajstić information content (AvgIpc) is 2.87. The first-order valence-electron chi connectivity index (χ1n) is 6.22. The highest BCUT2D eigenvalue weighted by Gasteiger charge is 2.17. The van der Waals surface area contributed by atoms with Gasteiger partial charge in [0.15, 0.2) is 5.82 Å². The van der Waals surface area contributed by atoms with Crippen LogP contribution in [0.15, 0.2) is 18.3 Å². The van der Waals surface area contributed by atoms with Crippen LogP contribution in [0.5, 0.6) is 0 Å². The number of amides is 1. The number of nitrogens with zero attached hydrogens (tertiary/aromatic N) is 3. The molecule has 0 fully saturated rings. The molecule has 0 radical (unpaired) electrons. The average molecular weight is 323 g/mol. The molecule has 108 valence electrons. The van der Waals surface area contributed by atoms with Crippen LogP contribution in [-0.4, -0.2) is 15.7 Å². The molecule has 0 atom stereocenters. The predicted octanol–water partition coefficient (Wildman–Crippen LogP) is 3.71. The van der Waals surface area contributed by atoms with Gasteiger partial charge >= 0.3 is 0 Å². The molecule has 21 heavy (non-hydrogen) atoms. The second kappa shape index (κ2) is 6.17. The molecule has 0 saturated heterocycles. The molecule has 7 heteroatoms. The maximum Gasteiger partial charge on any atom is 0.225 e. The van der Waals surface area contributed by atoms with E-state index in [1.165, 1.54) is 10.9 Å². The molecule has 0 saturated carbocycles. The number of hydrogen-bond donors (Lipinski definition) is 1. The lowest BCUT2D eigenvalue weighted by atomic mass is 10.2. The highest BCUT2D eigenvalue weighted by atomic mass is 35.5. The minimum Gasteiger partial charge on any atom is -0.309 e. The summed E-state index contributed by atoms with van der Waals surface area (Å²) < 4.78 is 1.40. The molecule has 1 N–H and O–H groups in total. The van der Waals surface area contributed by atoms with Crippen molar-refractivity contribution in [3.05, 3.63) is 39.5 Å². The van der Waals surface area contributed by atoms with Crippen molar-refractivity contribution in [2.24, 2.45) is 0 Å². The summed E-state index contributed by atoms with van der Waals surface area (Å²) in [4.78, 5) is 11.6. The highest BCUT2D eigenvalue weighted by Crippen LogP contribution is 2.33. The zero-order valence-electron chi connectivity index (χ0n) is 11.4. The van der Waals surface area contributed by atoms with Gasteiger partial charge in [-0.1, -0.05) is 36.2 Å². The minimum atomic E-state index is -0.220. The van der Waals surface area contributed by atoms with Gasteiger partial charge in [-0.2, -0.15) is 10.4 Å². The van der Waals surface area contributed by atoms with Crippen LogP contribution in [0.25, 0.3) is 5.69 Å². The summed E-state index contributed by atoms with van der Waals surface area (Å²) in [5.74, 6) is 0.0637. The van der Waals surface area contributed by atoms with Crippen LogP contribution < -0.4 is 5.32 Å². The van der Waals surface area contributed by atoms with Crippen molar-refractivity contribution < 1.29 is 4.79 Å². The quantitative estimate of drug-likeness (QED) is 0.936. The second-order valence-corrected chi connectivity index (χ2v) is 5.12. The number of anilines is 1. The lowest BCUT2D eigenvalue weighted by molar-refractivity contribution is -0.115. The third-order valence-corrected chi connectivity index (χ3v) is 3.92. The van der Waals surface area contributed by atoms with Gasteiger partial charge in [-0.25, -0.2) is 4.68 Å². The summed E-state index contributed by atoms with van der Waals surface area (Å²) in [5, 5.41) is 16.6. The number of halogens is 2. The molecule has 0 bridgehead atoms. The topological polar surface area (TPSA) is 70.7 Å². The molecule has 1 heterocycles. The van der Waals surface area contributed by atoms with E-state index in [0.717, 1.165) is 5.56 Å². The smallest absolute Gasteiger partial charge is 0.225 e. The molecule has 0 aliphatic heterocycles. The summed E-state index contributed by atoms with van der Waals surface area (Å²) in [5.41, 5.74) is 1.59. The molecule has 2 aromatic rings. The van der Waals surface area contributed by atoms with E-state index in [9.17, 15) is 4.79 Å². The Morgan fingerprint density at radius 2 is 2.14 bits per heavy atom. The second-order valence-electron chi connectivity index (χ2n) is 4.36. The van der Waals surface area contributed by atoms with Crippen LogP contribution in [-0.2, 0) is 4.79 Å². The molecule has 0 unspecified atom stereocenters. The maximum atomic E-state index is 11.6. The Balaban J connectivity index is 2.60. The zero-order valence-corrected chi connectivity index (χ0v) is 13.0. The molecule has 2 rings (SSSR count). The number of nitriles is 1. The number of aryl methyl sites for hydroxylation is 1. The van der Waals surface area contributed by atoms with Gasteiger partial charge in [-0.05, 0) is 18.6 Å². The first-order valence-corrected chi connectivity index (χ1v) is 6.98. The molecule has 0 aliphatic rings. The lowest BCUT2D eigenvalue weighted by Gasteiger charge is -2.12. The normalized spacial score (nSPS) is 10.2. The van der Waals surface area contributed by atoms with Crippen molar-refractivity contribution >= 4 is 34.9 Å². The van der Waals surface area contributed by atoms with Crippen molar-refractivity contribution in [1.29, 1.82) is 5.26 Å². The Morgan fingerprint density at radius 3 is 2.76 bits per heavy atom. The maximum absolute atomic E-state index is 11.6. The number of hydrogen-bond acceptors (Lipinski definition) is 3.